The lowest BCUT2D eigenvalue weighted by molar-refractivity contribution is -0.131. The predicted molar refractivity (Wildman–Crippen MR) is 60.9 cm³/mol. The molecule has 6 nitrogen and oxygen atoms in total. The zero-order valence-electron chi connectivity index (χ0n) is 9.57. The molecular formula is C12H13NO5. The van der Waals surface area contributed by atoms with E-state index in [-0.39, 0.29) is 6.79 Å². The molecule has 18 heavy (non-hydrogen) atoms. The van der Waals surface area contributed by atoms with Gasteiger partial charge in [-0.2, -0.15) is 0 Å². The number of rotatable bonds is 1. The van der Waals surface area contributed by atoms with Crippen LogP contribution in [0.3, 0.4) is 0 Å². The molecule has 0 bridgehead atoms. The normalized spacial score (nSPS) is 28.6. The zero-order valence-corrected chi connectivity index (χ0v) is 9.57. The largest absolute Gasteiger partial charge is 0.454 e. The number of fused-ring (bicyclic) bond motifs is 1. The zero-order chi connectivity index (χ0) is 12.5. The summed E-state index contributed by atoms with van der Waals surface area (Å²) in [5.74, 6) is 1.31. The average Bonchev–Trinajstić information content (AvgIpc) is 2.85. The van der Waals surface area contributed by atoms with E-state index in [9.17, 15) is 5.11 Å². The van der Waals surface area contributed by atoms with E-state index in [1.807, 2.05) is 0 Å². The number of benzene rings is 1. The molecule has 2 heterocycles. The molecule has 3 rings (SSSR count). The lowest BCUT2D eigenvalue weighted by Gasteiger charge is -2.27. The van der Waals surface area contributed by atoms with Gasteiger partial charge in [-0.1, -0.05) is 11.2 Å². The van der Waals surface area contributed by atoms with Crippen molar-refractivity contribution < 1.29 is 24.5 Å². The van der Waals surface area contributed by atoms with E-state index in [0.717, 1.165) is 5.56 Å². The Morgan fingerprint density at radius 3 is 2.89 bits per heavy atom. The Bertz CT molecular complexity index is 487. The Morgan fingerprint density at radius 2 is 2.06 bits per heavy atom. The van der Waals surface area contributed by atoms with Gasteiger partial charge < -0.3 is 24.5 Å². The first-order valence-electron chi connectivity index (χ1n) is 5.72. The summed E-state index contributed by atoms with van der Waals surface area (Å²) in [4.78, 5) is 0. The molecule has 2 aliphatic heterocycles. The molecule has 2 aliphatic rings. The highest BCUT2D eigenvalue weighted by Gasteiger charge is 2.29. The number of aliphatic hydroxyl groups is 1. The fourth-order valence-corrected chi connectivity index (χ4v) is 2.16. The minimum atomic E-state index is -0.842. The molecule has 0 aromatic heterocycles. The van der Waals surface area contributed by atoms with Crippen molar-refractivity contribution in [1.82, 2.24) is 0 Å². The van der Waals surface area contributed by atoms with E-state index >= 15 is 0 Å². The Morgan fingerprint density at radius 1 is 1.22 bits per heavy atom. The maximum atomic E-state index is 9.53. The van der Waals surface area contributed by atoms with Crippen LogP contribution in [0.1, 0.15) is 24.5 Å². The first-order valence-corrected chi connectivity index (χ1v) is 5.72. The van der Waals surface area contributed by atoms with E-state index in [1.165, 1.54) is 0 Å². The molecule has 1 saturated heterocycles. The van der Waals surface area contributed by atoms with Gasteiger partial charge in [-0.05, 0) is 24.1 Å². The third-order valence-electron chi connectivity index (χ3n) is 3.07. The van der Waals surface area contributed by atoms with Crippen LogP contribution < -0.4 is 9.47 Å². The van der Waals surface area contributed by atoms with Gasteiger partial charge in [-0.25, -0.2) is 0 Å². The summed E-state index contributed by atoms with van der Waals surface area (Å²) in [6.45, 7) is 0.202. The molecule has 0 spiro atoms. The molecule has 0 radical (unpaired) electrons. The van der Waals surface area contributed by atoms with E-state index in [1.54, 1.807) is 18.2 Å². The molecule has 1 aromatic carbocycles. The highest BCUT2D eigenvalue weighted by molar-refractivity contribution is 5.90. The van der Waals surface area contributed by atoms with Crippen molar-refractivity contribution in [3.05, 3.63) is 23.8 Å². The second-order valence-electron chi connectivity index (χ2n) is 4.21. The number of oxime groups is 1. The van der Waals surface area contributed by atoms with Crippen molar-refractivity contribution in [2.24, 2.45) is 5.16 Å². The third-order valence-corrected chi connectivity index (χ3v) is 3.07. The van der Waals surface area contributed by atoms with Crippen LogP contribution in [0.4, 0.5) is 0 Å². The quantitative estimate of drug-likeness (QED) is 0.582. The van der Waals surface area contributed by atoms with E-state index in [2.05, 4.69) is 5.16 Å². The van der Waals surface area contributed by atoms with Crippen LogP contribution in [0.2, 0.25) is 0 Å². The van der Waals surface area contributed by atoms with E-state index < -0.39 is 12.4 Å². The number of hydrogen-bond donors (Lipinski definition) is 2. The van der Waals surface area contributed by atoms with Crippen molar-refractivity contribution in [2.75, 3.05) is 6.79 Å². The van der Waals surface area contributed by atoms with Gasteiger partial charge >= 0.3 is 0 Å². The third kappa shape index (κ3) is 1.89. The van der Waals surface area contributed by atoms with Crippen LogP contribution in [0.15, 0.2) is 23.4 Å². The summed E-state index contributed by atoms with van der Waals surface area (Å²) in [7, 11) is 0. The van der Waals surface area contributed by atoms with Gasteiger partial charge in [0.25, 0.3) is 0 Å². The SMILES string of the molecule is O/N=C1\CCC(O)OC1c1ccc2c(c1)OCO2. The van der Waals surface area contributed by atoms with Gasteiger partial charge in [-0.3, -0.25) is 0 Å². The molecule has 2 N–H and O–H groups in total. The second kappa shape index (κ2) is 4.47. The van der Waals surface area contributed by atoms with Crippen LogP contribution in [-0.2, 0) is 4.74 Å². The Labute approximate surface area is 103 Å². The summed E-state index contributed by atoms with van der Waals surface area (Å²) in [5, 5.41) is 21.7. The molecule has 6 heteroatoms. The molecule has 1 fully saturated rings. The molecule has 96 valence electrons. The van der Waals surface area contributed by atoms with E-state index in [4.69, 9.17) is 19.4 Å². The summed E-state index contributed by atoms with van der Waals surface area (Å²) in [6.07, 6.45) is -0.462. The Balaban J connectivity index is 1.92. The van der Waals surface area contributed by atoms with E-state index in [0.29, 0.717) is 30.1 Å². The summed E-state index contributed by atoms with van der Waals surface area (Å²) in [6, 6.07) is 5.36. The maximum Gasteiger partial charge on any atom is 0.231 e. The van der Waals surface area contributed by atoms with Crippen LogP contribution in [0.5, 0.6) is 11.5 Å². The topological polar surface area (TPSA) is 80.5 Å². The predicted octanol–water partition coefficient (Wildman–Crippen LogP) is 1.42. The molecule has 0 aliphatic carbocycles. The van der Waals surface area contributed by atoms with Crippen molar-refractivity contribution in [2.45, 2.75) is 25.2 Å². The fraction of sp³-hybridized carbons (Fsp3) is 0.417. The Kier molecular flexibility index (Phi) is 2.81. The number of ether oxygens (including phenoxy) is 3. The minimum absolute atomic E-state index is 0.202. The average molecular weight is 251 g/mol. The first kappa shape index (κ1) is 11.3. The summed E-state index contributed by atoms with van der Waals surface area (Å²) in [5.41, 5.74) is 1.27. The maximum absolute atomic E-state index is 9.53. The standard InChI is InChI=1S/C12H13NO5/c14-11-4-2-8(13-15)12(18-11)7-1-3-9-10(5-7)17-6-16-9/h1,3,5,11-12,14-15H,2,4,6H2/b13-8+. The molecule has 2 unspecified atom stereocenters. The smallest absolute Gasteiger partial charge is 0.231 e. The number of aliphatic hydroxyl groups excluding tert-OH is 1. The molecule has 0 amide bonds. The van der Waals surface area contributed by atoms with Gasteiger partial charge in [0.2, 0.25) is 6.79 Å². The van der Waals surface area contributed by atoms with Crippen LogP contribution in [0, 0.1) is 0 Å². The molecule has 0 saturated carbocycles. The van der Waals surface area contributed by atoms with Crippen molar-refractivity contribution in [3.63, 3.8) is 0 Å². The molecular weight excluding hydrogens is 238 g/mol. The van der Waals surface area contributed by atoms with Gasteiger partial charge in [0.05, 0.1) is 5.71 Å². The fourth-order valence-electron chi connectivity index (χ4n) is 2.16. The van der Waals surface area contributed by atoms with Gasteiger partial charge in [0.15, 0.2) is 17.8 Å². The van der Waals surface area contributed by atoms with Crippen LogP contribution >= 0.6 is 0 Å². The first-order chi connectivity index (χ1) is 8.78. The number of nitrogens with zero attached hydrogens (tertiary/aromatic N) is 1. The van der Waals surface area contributed by atoms with Gasteiger partial charge in [0, 0.05) is 6.42 Å². The highest BCUT2D eigenvalue weighted by Crippen LogP contribution is 2.37. The highest BCUT2D eigenvalue weighted by atomic mass is 16.7. The lowest BCUT2D eigenvalue weighted by Crippen LogP contribution is -2.29. The second-order valence-corrected chi connectivity index (χ2v) is 4.21. The monoisotopic (exact) mass is 251 g/mol. The van der Waals surface area contributed by atoms with Gasteiger partial charge in [-0.15, -0.1) is 0 Å². The minimum Gasteiger partial charge on any atom is -0.454 e. The lowest BCUT2D eigenvalue weighted by atomic mass is 9.98. The van der Waals surface area contributed by atoms with Crippen LogP contribution in [0.25, 0.3) is 0 Å². The van der Waals surface area contributed by atoms with Gasteiger partial charge in [0.1, 0.15) is 6.10 Å². The van der Waals surface area contributed by atoms with Crippen molar-refractivity contribution in [1.29, 1.82) is 0 Å². The molecule has 2 atom stereocenters. The number of hydrogen-bond acceptors (Lipinski definition) is 6. The summed E-state index contributed by atoms with van der Waals surface area (Å²) < 4.78 is 15.9. The van der Waals surface area contributed by atoms with Crippen molar-refractivity contribution in [3.8, 4) is 11.5 Å². The summed E-state index contributed by atoms with van der Waals surface area (Å²) >= 11 is 0. The van der Waals surface area contributed by atoms with Crippen molar-refractivity contribution >= 4 is 5.71 Å². The van der Waals surface area contributed by atoms with Crippen LogP contribution in [-0.4, -0.2) is 29.1 Å². The Hall–Kier alpha value is -1.79. The molecule has 1 aromatic rings.